The van der Waals surface area contributed by atoms with E-state index in [0.29, 0.717) is 6.54 Å². The molecule has 3 rings (SSSR count). The SMILES string of the molecule is Cc1ccc(C(c2ccc(C)s2)N2CCCC(C(=O)O)C2)nc1. The molecule has 3 heterocycles. The maximum absolute atomic E-state index is 11.4. The van der Waals surface area contributed by atoms with E-state index in [1.54, 1.807) is 11.3 Å². The molecule has 0 amide bonds. The van der Waals surface area contributed by atoms with Crippen molar-refractivity contribution in [2.75, 3.05) is 13.1 Å². The van der Waals surface area contributed by atoms with Gasteiger partial charge in [0.05, 0.1) is 17.7 Å². The number of thiophene rings is 1. The van der Waals surface area contributed by atoms with Gasteiger partial charge in [-0.3, -0.25) is 14.7 Å². The molecule has 1 aliphatic rings. The van der Waals surface area contributed by atoms with E-state index < -0.39 is 5.97 Å². The second kappa shape index (κ2) is 6.81. The van der Waals surface area contributed by atoms with Gasteiger partial charge >= 0.3 is 5.97 Å². The van der Waals surface area contributed by atoms with E-state index in [-0.39, 0.29) is 12.0 Å². The first-order chi connectivity index (χ1) is 11.0. The Balaban J connectivity index is 1.94. The van der Waals surface area contributed by atoms with Crippen molar-refractivity contribution in [1.29, 1.82) is 0 Å². The first-order valence-corrected chi connectivity index (χ1v) is 8.82. The molecule has 1 fully saturated rings. The Kier molecular flexibility index (Phi) is 4.78. The summed E-state index contributed by atoms with van der Waals surface area (Å²) in [6.07, 6.45) is 3.58. The summed E-state index contributed by atoms with van der Waals surface area (Å²) >= 11 is 1.77. The van der Waals surface area contributed by atoms with Gasteiger partial charge in [0.1, 0.15) is 0 Å². The fraction of sp³-hybridized carbons (Fsp3) is 0.444. The van der Waals surface area contributed by atoms with E-state index in [4.69, 9.17) is 0 Å². The summed E-state index contributed by atoms with van der Waals surface area (Å²) in [6.45, 7) is 5.64. The van der Waals surface area contributed by atoms with Crippen LogP contribution in [0.1, 0.15) is 39.9 Å². The number of carbonyl (C=O) groups is 1. The smallest absolute Gasteiger partial charge is 0.307 e. The standard InChI is InChI=1S/C18H22N2O2S/c1-12-5-7-15(19-10-12)17(16-8-6-13(2)23-16)20-9-3-4-14(11-20)18(21)22/h5-8,10,14,17H,3-4,9,11H2,1-2H3,(H,21,22). The number of aromatic nitrogens is 1. The third-order valence-electron chi connectivity index (χ3n) is 4.41. The molecule has 23 heavy (non-hydrogen) atoms. The molecule has 2 atom stereocenters. The Labute approximate surface area is 140 Å². The zero-order valence-corrected chi connectivity index (χ0v) is 14.3. The molecular formula is C18H22N2O2S. The van der Waals surface area contributed by atoms with E-state index in [0.717, 1.165) is 30.6 Å². The average Bonchev–Trinajstić information content (AvgIpc) is 2.96. The van der Waals surface area contributed by atoms with Gasteiger partial charge in [-0.15, -0.1) is 11.3 Å². The Hall–Kier alpha value is -1.72. The van der Waals surface area contributed by atoms with Crippen LogP contribution < -0.4 is 0 Å². The molecule has 1 N–H and O–H groups in total. The van der Waals surface area contributed by atoms with E-state index in [9.17, 15) is 9.90 Å². The lowest BCUT2D eigenvalue weighted by Crippen LogP contribution is -2.41. The van der Waals surface area contributed by atoms with Crippen LogP contribution in [0, 0.1) is 19.8 Å². The van der Waals surface area contributed by atoms with Gasteiger partial charge in [-0.1, -0.05) is 6.07 Å². The molecule has 122 valence electrons. The van der Waals surface area contributed by atoms with E-state index in [1.807, 2.05) is 13.1 Å². The second-order valence-electron chi connectivity index (χ2n) is 6.28. The largest absolute Gasteiger partial charge is 0.481 e. The fourth-order valence-electron chi connectivity index (χ4n) is 3.20. The topological polar surface area (TPSA) is 53.4 Å². The molecule has 5 heteroatoms. The highest BCUT2D eigenvalue weighted by Gasteiger charge is 2.32. The summed E-state index contributed by atoms with van der Waals surface area (Å²) in [7, 11) is 0. The second-order valence-corrected chi connectivity index (χ2v) is 7.60. The number of carboxylic acid groups (broad SMARTS) is 1. The number of piperidine rings is 1. The number of hydrogen-bond donors (Lipinski definition) is 1. The van der Waals surface area contributed by atoms with Gasteiger partial charge in [-0.25, -0.2) is 0 Å². The number of aryl methyl sites for hydroxylation is 2. The van der Waals surface area contributed by atoms with Crippen molar-refractivity contribution >= 4 is 17.3 Å². The molecule has 1 saturated heterocycles. The molecule has 0 radical (unpaired) electrons. The monoisotopic (exact) mass is 330 g/mol. The molecule has 0 spiro atoms. The van der Waals surface area contributed by atoms with E-state index >= 15 is 0 Å². The highest BCUT2D eigenvalue weighted by Crippen LogP contribution is 2.35. The van der Waals surface area contributed by atoms with Gasteiger partial charge in [-0.05, 0) is 57.0 Å². The Morgan fingerprint density at radius 2 is 2.17 bits per heavy atom. The van der Waals surface area contributed by atoms with Gasteiger partial charge in [-0.2, -0.15) is 0 Å². The number of pyridine rings is 1. The molecule has 2 aromatic rings. The van der Waals surface area contributed by atoms with Crippen molar-refractivity contribution in [2.45, 2.75) is 32.7 Å². The quantitative estimate of drug-likeness (QED) is 0.930. The average molecular weight is 330 g/mol. The molecule has 4 nitrogen and oxygen atoms in total. The van der Waals surface area contributed by atoms with Gasteiger partial charge in [0, 0.05) is 22.5 Å². The Bertz CT molecular complexity index is 681. The molecule has 1 aliphatic heterocycles. The zero-order valence-electron chi connectivity index (χ0n) is 13.5. The van der Waals surface area contributed by atoms with Crippen molar-refractivity contribution in [3.8, 4) is 0 Å². The Morgan fingerprint density at radius 3 is 2.78 bits per heavy atom. The normalized spacial score (nSPS) is 20.3. The molecule has 0 aliphatic carbocycles. The highest BCUT2D eigenvalue weighted by molar-refractivity contribution is 7.12. The molecule has 2 unspecified atom stereocenters. The third-order valence-corrected chi connectivity index (χ3v) is 5.47. The van der Waals surface area contributed by atoms with Crippen LogP contribution in [0.15, 0.2) is 30.5 Å². The summed E-state index contributed by atoms with van der Waals surface area (Å²) in [5.41, 5.74) is 2.14. The van der Waals surface area contributed by atoms with Crippen LogP contribution in [0.5, 0.6) is 0 Å². The van der Waals surface area contributed by atoms with Gasteiger partial charge in [0.15, 0.2) is 0 Å². The minimum absolute atomic E-state index is 0.0523. The van der Waals surface area contributed by atoms with Crippen LogP contribution in [0.3, 0.4) is 0 Å². The van der Waals surface area contributed by atoms with Crippen LogP contribution in [0.25, 0.3) is 0 Å². The summed E-state index contributed by atoms with van der Waals surface area (Å²) in [5, 5.41) is 9.38. The summed E-state index contributed by atoms with van der Waals surface area (Å²) in [5.74, 6) is -0.967. The van der Waals surface area contributed by atoms with E-state index in [1.165, 1.54) is 9.75 Å². The summed E-state index contributed by atoms with van der Waals surface area (Å²) in [4.78, 5) is 20.8. The van der Waals surface area contributed by atoms with Crippen molar-refractivity contribution in [2.24, 2.45) is 5.92 Å². The molecular weight excluding hydrogens is 308 g/mol. The lowest BCUT2D eigenvalue weighted by Gasteiger charge is -2.36. The van der Waals surface area contributed by atoms with Crippen LogP contribution >= 0.6 is 11.3 Å². The number of aliphatic carboxylic acids is 1. The van der Waals surface area contributed by atoms with Crippen LogP contribution in [-0.4, -0.2) is 34.0 Å². The van der Waals surface area contributed by atoms with Gasteiger partial charge in [0.25, 0.3) is 0 Å². The molecule has 0 aromatic carbocycles. The molecule has 2 aromatic heterocycles. The first-order valence-electron chi connectivity index (χ1n) is 8.00. The predicted octanol–water partition coefficient (Wildman–Crippen LogP) is 3.65. The molecule has 0 saturated carbocycles. The molecule has 0 bridgehead atoms. The van der Waals surface area contributed by atoms with Crippen molar-refractivity contribution < 1.29 is 9.90 Å². The summed E-state index contributed by atoms with van der Waals surface area (Å²) < 4.78 is 0. The fourth-order valence-corrected chi connectivity index (χ4v) is 4.22. The van der Waals surface area contributed by atoms with Crippen molar-refractivity contribution in [3.63, 3.8) is 0 Å². The van der Waals surface area contributed by atoms with Crippen molar-refractivity contribution in [1.82, 2.24) is 9.88 Å². The summed E-state index contributed by atoms with van der Waals surface area (Å²) in [6, 6.07) is 8.47. The number of nitrogens with zero attached hydrogens (tertiary/aromatic N) is 2. The third kappa shape index (κ3) is 3.62. The van der Waals surface area contributed by atoms with Gasteiger partial charge < -0.3 is 5.11 Å². The Morgan fingerprint density at radius 1 is 1.35 bits per heavy atom. The number of hydrogen-bond acceptors (Lipinski definition) is 4. The van der Waals surface area contributed by atoms with Crippen LogP contribution in [-0.2, 0) is 4.79 Å². The van der Waals surface area contributed by atoms with Crippen molar-refractivity contribution in [3.05, 3.63) is 51.5 Å². The maximum atomic E-state index is 11.4. The predicted molar refractivity (Wildman–Crippen MR) is 91.8 cm³/mol. The first kappa shape index (κ1) is 16.1. The zero-order chi connectivity index (χ0) is 16.4. The number of likely N-dealkylation sites (tertiary alicyclic amines) is 1. The minimum atomic E-state index is -0.687. The lowest BCUT2D eigenvalue weighted by molar-refractivity contribution is -0.143. The van der Waals surface area contributed by atoms with Crippen LogP contribution in [0.4, 0.5) is 0 Å². The number of carboxylic acids is 1. The highest BCUT2D eigenvalue weighted by atomic mass is 32.1. The van der Waals surface area contributed by atoms with E-state index in [2.05, 4.69) is 41.1 Å². The maximum Gasteiger partial charge on any atom is 0.307 e. The van der Waals surface area contributed by atoms with Crippen LogP contribution in [0.2, 0.25) is 0 Å². The lowest BCUT2D eigenvalue weighted by atomic mass is 9.95. The minimum Gasteiger partial charge on any atom is -0.481 e. The van der Waals surface area contributed by atoms with Gasteiger partial charge in [0.2, 0.25) is 0 Å². The number of rotatable bonds is 4.